The van der Waals surface area contributed by atoms with Crippen LogP contribution in [0.2, 0.25) is 0 Å². The first-order valence-electron chi connectivity index (χ1n) is 3.70. The topological polar surface area (TPSA) is 64.9 Å². The van der Waals surface area contributed by atoms with Crippen LogP contribution in [0.25, 0.3) is 11.5 Å². The lowest BCUT2D eigenvalue weighted by Gasteiger charge is -1.99. The highest BCUT2D eigenvalue weighted by molar-refractivity contribution is 9.10. The fourth-order valence-electron chi connectivity index (χ4n) is 0.997. The molecule has 0 aliphatic carbocycles. The van der Waals surface area contributed by atoms with E-state index >= 15 is 0 Å². The van der Waals surface area contributed by atoms with E-state index in [2.05, 4.69) is 25.9 Å². The summed E-state index contributed by atoms with van der Waals surface area (Å²) in [5.41, 5.74) is 5.34. The molecular formula is C8H5BrFN3O. The number of furan rings is 1. The molecule has 14 heavy (non-hydrogen) atoms. The fraction of sp³-hybridized carbons (Fsp3) is 0. The highest BCUT2D eigenvalue weighted by Crippen LogP contribution is 2.26. The molecule has 2 rings (SSSR count). The van der Waals surface area contributed by atoms with Crippen LogP contribution in [0.15, 0.2) is 27.5 Å². The van der Waals surface area contributed by atoms with Gasteiger partial charge in [0.05, 0.1) is 0 Å². The van der Waals surface area contributed by atoms with E-state index in [9.17, 15) is 4.39 Å². The smallest absolute Gasteiger partial charge is 0.194 e. The Hall–Kier alpha value is -1.43. The van der Waals surface area contributed by atoms with Crippen LogP contribution in [-0.2, 0) is 0 Å². The van der Waals surface area contributed by atoms with Crippen molar-refractivity contribution in [3.8, 4) is 11.5 Å². The van der Waals surface area contributed by atoms with Gasteiger partial charge in [0.1, 0.15) is 12.0 Å². The second-order valence-electron chi connectivity index (χ2n) is 2.53. The number of anilines is 1. The molecule has 72 valence electrons. The van der Waals surface area contributed by atoms with Gasteiger partial charge in [-0.25, -0.2) is 14.4 Å². The molecule has 0 fully saturated rings. The van der Waals surface area contributed by atoms with Crippen LogP contribution in [0.1, 0.15) is 0 Å². The Labute approximate surface area is 87.1 Å². The molecule has 0 aromatic carbocycles. The normalized spacial score (nSPS) is 10.4. The van der Waals surface area contributed by atoms with Crippen molar-refractivity contribution in [2.75, 3.05) is 5.73 Å². The van der Waals surface area contributed by atoms with Crippen molar-refractivity contribution < 1.29 is 8.81 Å². The predicted molar refractivity (Wildman–Crippen MR) is 51.8 cm³/mol. The fourth-order valence-corrected chi connectivity index (χ4v) is 1.30. The van der Waals surface area contributed by atoms with Crippen molar-refractivity contribution in [1.29, 1.82) is 0 Å². The summed E-state index contributed by atoms with van der Waals surface area (Å²) in [4.78, 5) is 7.25. The molecule has 0 aliphatic rings. The molecule has 0 saturated heterocycles. The van der Waals surface area contributed by atoms with E-state index in [1.165, 1.54) is 6.33 Å². The summed E-state index contributed by atoms with van der Waals surface area (Å²) < 4.78 is 19.0. The van der Waals surface area contributed by atoms with Crippen molar-refractivity contribution in [2.45, 2.75) is 0 Å². The van der Waals surface area contributed by atoms with Crippen molar-refractivity contribution in [1.82, 2.24) is 9.97 Å². The van der Waals surface area contributed by atoms with Gasteiger partial charge in [-0.2, -0.15) is 0 Å². The minimum absolute atomic E-state index is 0.0585. The van der Waals surface area contributed by atoms with Gasteiger partial charge in [-0.3, -0.25) is 0 Å². The monoisotopic (exact) mass is 257 g/mol. The Bertz CT molecular complexity index is 471. The lowest BCUT2D eigenvalue weighted by Crippen LogP contribution is -1.98. The van der Waals surface area contributed by atoms with Crippen molar-refractivity contribution in [2.24, 2.45) is 0 Å². The first-order chi connectivity index (χ1) is 6.68. The van der Waals surface area contributed by atoms with Gasteiger partial charge < -0.3 is 10.2 Å². The summed E-state index contributed by atoms with van der Waals surface area (Å²) in [6.45, 7) is 0. The van der Waals surface area contributed by atoms with Gasteiger partial charge in [0, 0.05) is 0 Å². The van der Waals surface area contributed by atoms with Crippen molar-refractivity contribution in [3.63, 3.8) is 0 Å². The Balaban J connectivity index is 2.57. The van der Waals surface area contributed by atoms with E-state index in [1.54, 1.807) is 12.1 Å². The number of nitrogens with zero attached hydrogens (tertiary/aromatic N) is 2. The summed E-state index contributed by atoms with van der Waals surface area (Å²) in [6.07, 6.45) is 1.18. The van der Waals surface area contributed by atoms with Crippen LogP contribution >= 0.6 is 15.9 Å². The number of nitrogen functional groups attached to an aromatic ring is 1. The van der Waals surface area contributed by atoms with Crippen LogP contribution in [-0.4, -0.2) is 9.97 Å². The third-order valence-electron chi connectivity index (χ3n) is 1.62. The molecule has 2 N–H and O–H groups in total. The summed E-state index contributed by atoms with van der Waals surface area (Å²) in [6, 6.07) is 3.24. The minimum atomic E-state index is -0.672. The number of nitrogens with two attached hydrogens (primary N) is 1. The molecule has 2 aromatic rings. The molecule has 0 spiro atoms. The molecular weight excluding hydrogens is 253 g/mol. The largest absolute Gasteiger partial charge is 0.448 e. The summed E-state index contributed by atoms with van der Waals surface area (Å²) in [7, 11) is 0. The van der Waals surface area contributed by atoms with Crippen LogP contribution in [0.3, 0.4) is 0 Å². The number of hydrogen-bond donors (Lipinski definition) is 1. The zero-order valence-corrected chi connectivity index (χ0v) is 8.45. The van der Waals surface area contributed by atoms with Gasteiger partial charge >= 0.3 is 0 Å². The molecule has 6 heteroatoms. The average molecular weight is 258 g/mol. The molecule has 0 saturated carbocycles. The number of aromatic nitrogens is 2. The van der Waals surface area contributed by atoms with E-state index in [4.69, 9.17) is 10.2 Å². The van der Waals surface area contributed by atoms with Gasteiger partial charge in [0.15, 0.2) is 22.1 Å². The third kappa shape index (κ3) is 1.48. The Kier molecular flexibility index (Phi) is 2.20. The maximum absolute atomic E-state index is 13.4. The Morgan fingerprint density at radius 3 is 2.79 bits per heavy atom. The summed E-state index contributed by atoms with van der Waals surface area (Å²) in [5.74, 6) is -0.555. The lowest BCUT2D eigenvalue weighted by molar-refractivity contribution is 0.542. The van der Waals surface area contributed by atoms with Gasteiger partial charge in [0.2, 0.25) is 0 Å². The SMILES string of the molecule is Nc1ncnc(-c2ccc(Br)o2)c1F. The molecule has 0 amide bonds. The first kappa shape index (κ1) is 9.14. The minimum Gasteiger partial charge on any atom is -0.448 e. The number of halogens is 2. The van der Waals surface area contributed by atoms with Crippen molar-refractivity contribution in [3.05, 3.63) is 28.9 Å². The van der Waals surface area contributed by atoms with Gasteiger partial charge in [0.25, 0.3) is 0 Å². The van der Waals surface area contributed by atoms with E-state index in [-0.39, 0.29) is 11.5 Å². The van der Waals surface area contributed by atoms with Gasteiger partial charge in [-0.05, 0) is 28.1 Å². The molecule has 0 unspecified atom stereocenters. The zero-order chi connectivity index (χ0) is 10.1. The highest BCUT2D eigenvalue weighted by Gasteiger charge is 2.13. The molecule has 0 aliphatic heterocycles. The average Bonchev–Trinajstić information content (AvgIpc) is 2.57. The summed E-state index contributed by atoms with van der Waals surface area (Å²) >= 11 is 3.11. The van der Waals surface area contributed by atoms with E-state index < -0.39 is 5.82 Å². The van der Waals surface area contributed by atoms with Crippen LogP contribution in [0.5, 0.6) is 0 Å². The maximum Gasteiger partial charge on any atom is 0.194 e. The molecule has 2 aromatic heterocycles. The third-order valence-corrected chi connectivity index (χ3v) is 2.05. The zero-order valence-electron chi connectivity index (χ0n) is 6.87. The predicted octanol–water partition coefficient (Wildman–Crippen LogP) is 2.22. The quantitative estimate of drug-likeness (QED) is 0.851. The summed E-state index contributed by atoms with van der Waals surface area (Å²) in [5, 5.41) is 0. The van der Waals surface area contributed by atoms with Gasteiger partial charge in [-0.15, -0.1) is 0 Å². The highest BCUT2D eigenvalue weighted by atomic mass is 79.9. The lowest BCUT2D eigenvalue weighted by atomic mass is 10.3. The van der Waals surface area contributed by atoms with Crippen LogP contribution in [0, 0.1) is 5.82 Å². The number of rotatable bonds is 1. The van der Waals surface area contributed by atoms with Crippen LogP contribution in [0.4, 0.5) is 10.2 Å². The van der Waals surface area contributed by atoms with Crippen LogP contribution < -0.4 is 5.73 Å². The first-order valence-corrected chi connectivity index (χ1v) is 4.49. The molecule has 0 bridgehead atoms. The second-order valence-corrected chi connectivity index (χ2v) is 3.31. The maximum atomic E-state index is 13.4. The standard InChI is InChI=1S/C8H5BrFN3O/c9-5-2-1-4(14-5)7-6(10)8(11)13-3-12-7/h1-3H,(H2,11,12,13). The van der Waals surface area contributed by atoms with Gasteiger partial charge in [-0.1, -0.05) is 0 Å². The van der Waals surface area contributed by atoms with Crippen molar-refractivity contribution >= 4 is 21.7 Å². The molecule has 4 nitrogen and oxygen atoms in total. The van der Waals surface area contributed by atoms with E-state index in [1.807, 2.05) is 0 Å². The molecule has 0 atom stereocenters. The van der Waals surface area contributed by atoms with E-state index in [0.717, 1.165) is 0 Å². The van der Waals surface area contributed by atoms with E-state index in [0.29, 0.717) is 10.4 Å². The molecule has 0 radical (unpaired) electrons. The Morgan fingerprint density at radius 1 is 1.36 bits per heavy atom. The number of hydrogen-bond acceptors (Lipinski definition) is 4. The molecule has 2 heterocycles. The Morgan fingerprint density at radius 2 is 2.14 bits per heavy atom. The second kappa shape index (κ2) is 3.38.